The molecule has 0 aliphatic heterocycles. The molecule has 8 heteroatoms. The minimum Gasteiger partial charge on any atom is -0.492 e. The highest BCUT2D eigenvalue weighted by molar-refractivity contribution is 6.30. The standard InChI is InChI=1S/C20H20ClFN4O2/c21-15-9-16(22)11-17(10-15)28-8-7-25-13-14(12-23)5-6-20(27)26-19-4-2-1-3-18(19)24/h1-6,9-13,23,25H,7-8,24H2,(H,26,27)/b6-5+,14-13-,23-12?. The zero-order chi connectivity index (χ0) is 20.4. The predicted molar refractivity (Wildman–Crippen MR) is 110 cm³/mol. The average molecular weight is 403 g/mol. The second kappa shape index (κ2) is 10.7. The first-order chi connectivity index (χ1) is 13.5. The fraction of sp³-hybridized carbons (Fsp3) is 0.100. The monoisotopic (exact) mass is 402 g/mol. The summed E-state index contributed by atoms with van der Waals surface area (Å²) in [7, 11) is 0. The maximum absolute atomic E-state index is 13.2. The first-order valence-electron chi connectivity index (χ1n) is 8.34. The lowest BCUT2D eigenvalue weighted by Gasteiger charge is -2.07. The summed E-state index contributed by atoms with van der Waals surface area (Å²) in [6.45, 7) is 0.672. The van der Waals surface area contributed by atoms with Crippen LogP contribution in [-0.2, 0) is 4.79 Å². The van der Waals surface area contributed by atoms with Gasteiger partial charge in [0.2, 0.25) is 5.91 Å². The number of ether oxygens (including phenoxy) is 1. The van der Waals surface area contributed by atoms with Crippen LogP contribution in [0.15, 0.2) is 66.4 Å². The summed E-state index contributed by atoms with van der Waals surface area (Å²) in [4.78, 5) is 11.9. The number of allylic oxidation sites excluding steroid dienone is 2. The van der Waals surface area contributed by atoms with E-state index in [9.17, 15) is 9.18 Å². The van der Waals surface area contributed by atoms with Gasteiger partial charge in [0.05, 0.1) is 11.4 Å². The van der Waals surface area contributed by atoms with Gasteiger partial charge in [-0.1, -0.05) is 23.7 Å². The third-order valence-electron chi connectivity index (χ3n) is 3.43. The quantitative estimate of drug-likeness (QED) is 0.169. The summed E-state index contributed by atoms with van der Waals surface area (Å²) in [6.07, 6.45) is 5.45. The number of halogens is 2. The molecule has 0 aliphatic rings. The molecule has 0 heterocycles. The Hall–Kier alpha value is -3.32. The van der Waals surface area contributed by atoms with E-state index in [0.717, 1.165) is 6.21 Å². The van der Waals surface area contributed by atoms with Crippen molar-refractivity contribution in [3.63, 3.8) is 0 Å². The molecule has 0 aromatic heterocycles. The van der Waals surface area contributed by atoms with Crippen LogP contribution in [0.1, 0.15) is 0 Å². The van der Waals surface area contributed by atoms with Gasteiger partial charge in [-0.05, 0) is 30.3 Å². The van der Waals surface area contributed by atoms with Gasteiger partial charge in [-0.25, -0.2) is 4.39 Å². The van der Waals surface area contributed by atoms with Gasteiger partial charge >= 0.3 is 0 Å². The van der Waals surface area contributed by atoms with Gasteiger partial charge in [0.1, 0.15) is 18.2 Å². The molecular formula is C20H20ClFN4O2. The van der Waals surface area contributed by atoms with Crippen LogP contribution in [0.25, 0.3) is 0 Å². The Labute approximate surface area is 167 Å². The van der Waals surface area contributed by atoms with Gasteiger partial charge in [-0.2, -0.15) is 0 Å². The van der Waals surface area contributed by atoms with Crippen LogP contribution >= 0.6 is 11.6 Å². The van der Waals surface area contributed by atoms with Crippen molar-refractivity contribution >= 4 is 35.1 Å². The third-order valence-corrected chi connectivity index (χ3v) is 3.65. The molecule has 0 spiro atoms. The first-order valence-corrected chi connectivity index (χ1v) is 8.72. The first kappa shape index (κ1) is 21.0. The lowest BCUT2D eigenvalue weighted by Crippen LogP contribution is -2.16. The Morgan fingerprint density at radius 3 is 2.75 bits per heavy atom. The Morgan fingerprint density at radius 2 is 2.04 bits per heavy atom. The third kappa shape index (κ3) is 7.13. The number of rotatable bonds is 9. The number of amides is 1. The minimum atomic E-state index is -0.470. The zero-order valence-corrected chi connectivity index (χ0v) is 15.7. The highest BCUT2D eigenvalue weighted by Crippen LogP contribution is 2.19. The van der Waals surface area contributed by atoms with Crippen LogP contribution in [0.3, 0.4) is 0 Å². The second-order valence-corrected chi connectivity index (χ2v) is 6.04. The Balaban J connectivity index is 1.79. The minimum absolute atomic E-state index is 0.259. The molecule has 1 amide bonds. The summed E-state index contributed by atoms with van der Waals surface area (Å²) in [6, 6.07) is 10.9. The van der Waals surface area contributed by atoms with Crippen LogP contribution in [0.5, 0.6) is 5.75 Å². The summed E-state index contributed by atoms with van der Waals surface area (Å²) < 4.78 is 18.6. The Bertz CT molecular complexity index is 879. The van der Waals surface area contributed by atoms with Gasteiger partial charge in [0.25, 0.3) is 0 Å². The fourth-order valence-electron chi connectivity index (χ4n) is 2.12. The summed E-state index contributed by atoms with van der Waals surface area (Å²) in [5, 5.41) is 13.3. The number of benzene rings is 2. The molecule has 0 fully saturated rings. The van der Waals surface area contributed by atoms with Crippen molar-refractivity contribution in [2.24, 2.45) is 0 Å². The van der Waals surface area contributed by atoms with Gasteiger partial charge < -0.3 is 26.5 Å². The molecule has 0 saturated heterocycles. The van der Waals surface area contributed by atoms with Crippen LogP contribution in [0.2, 0.25) is 5.02 Å². The van der Waals surface area contributed by atoms with E-state index >= 15 is 0 Å². The van der Waals surface area contributed by atoms with E-state index in [0.29, 0.717) is 29.2 Å². The second-order valence-electron chi connectivity index (χ2n) is 5.61. The average Bonchev–Trinajstić information content (AvgIpc) is 2.65. The van der Waals surface area contributed by atoms with Crippen LogP contribution in [-0.4, -0.2) is 25.3 Å². The smallest absolute Gasteiger partial charge is 0.248 e. The molecule has 0 bridgehead atoms. The number of nitrogens with one attached hydrogen (secondary N) is 3. The summed E-state index contributed by atoms with van der Waals surface area (Å²) in [5.74, 6) is -0.501. The van der Waals surface area contributed by atoms with Crippen LogP contribution < -0.4 is 21.1 Å². The molecule has 0 radical (unpaired) electrons. The van der Waals surface area contributed by atoms with E-state index in [1.165, 1.54) is 30.4 Å². The molecule has 0 saturated carbocycles. The van der Waals surface area contributed by atoms with E-state index in [4.69, 9.17) is 27.5 Å². The van der Waals surface area contributed by atoms with Gasteiger partial charge in [0.15, 0.2) is 0 Å². The molecule has 0 atom stereocenters. The largest absolute Gasteiger partial charge is 0.492 e. The lowest BCUT2D eigenvalue weighted by molar-refractivity contribution is -0.111. The number of hydrogen-bond acceptors (Lipinski definition) is 5. The molecule has 28 heavy (non-hydrogen) atoms. The van der Waals surface area contributed by atoms with Crippen molar-refractivity contribution in [2.45, 2.75) is 0 Å². The number of carbonyl (C=O) groups is 1. The molecule has 2 aromatic rings. The van der Waals surface area contributed by atoms with Crippen LogP contribution in [0, 0.1) is 11.2 Å². The molecule has 146 valence electrons. The number of carbonyl (C=O) groups excluding carboxylic acids is 1. The number of nitrogens with two attached hydrogens (primary N) is 1. The molecule has 2 aromatic carbocycles. The van der Waals surface area contributed by atoms with E-state index in [-0.39, 0.29) is 17.5 Å². The predicted octanol–water partition coefficient (Wildman–Crippen LogP) is 3.76. The SMILES string of the molecule is N=CC(=C\NCCOc1cc(F)cc(Cl)c1)/C=C/C(=O)Nc1ccccc1N. The van der Waals surface area contributed by atoms with Crippen molar-refractivity contribution in [3.05, 3.63) is 77.2 Å². The van der Waals surface area contributed by atoms with Crippen molar-refractivity contribution in [3.8, 4) is 5.75 Å². The topological polar surface area (TPSA) is 100 Å². The molecule has 6 nitrogen and oxygen atoms in total. The van der Waals surface area contributed by atoms with Gasteiger partial charge in [-0.3, -0.25) is 4.79 Å². The maximum atomic E-state index is 13.2. The van der Waals surface area contributed by atoms with Crippen LogP contribution in [0.4, 0.5) is 15.8 Å². The van der Waals surface area contributed by atoms with E-state index in [1.54, 1.807) is 30.5 Å². The highest BCUT2D eigenvalue weighted by Gasteiger charge is 2.01. The molecular weight excluding hydrogens is 383 g/mol. The maximum Gasteiger partial charge on any atom is 0.248 e. The number of anilines is 2. The van der Waals surface area contributed by atoms with Crippen molar-refractivity contribution in [1.82, 2.24) is 5.32 Å². The fourth-order valence-corrected chi connectivity index (χ4v) is 2.34. The van der Waals surface area contributed by atoms with Crippen molar-refractivity contribution < 1.29 is 13.9 Å². The van der Waals surface area contributed by atoms with Crippen molar-refractivity contribution in [1.29, 1.82) is 5.41 Å². The van der Waals surface area contributed by atoms with Crippen molar-refractivity contribution in [2.75, 3.05) is 24.2 Å². The molecule has 0 aliphatic carbocycles. The number of hydrogen-bond donors (Lipinski definition) is 4. The molecule has 2 rings (SSSR count). The van der Waals surface area contributed by atoms with Gasteiger partial charge in [-0.15, -0.1) is 0 Å². The van der Waals surface area contributed by atoms with Gasteiger partial charge in [0, 0.05) is 41.7 Å². The Kier molecular flexibility index (Phi) is 8.05. The normalized spacial score (nSPS) is 11.3. The highest BCUT2D eigenvalue weighted by atomic mass is 35.5. The summed E-state index contributed by atoms with van der Waals surface area (Å²) in [5.41, 5.74) is 7.23. The van der Waals surface area contributed by atoms with E-state index < -0.39 is 5.82 Å². The summed E-state index contributed by atoms with van der Waals surface area (Å²) >= 11 is 5.75. The van der Waals surface area contributed by atoms with E-state index in [2.05, 4.69) is 10.6 Å². The number of nitrogen functional groups attached to an aromatic ring is 1. The number of para-hydroxylation sites is 2. The van der Waals surface area contributed by atoms with E-state index in [1.807, 2.05) is 0 Å². The zero-order valence-electron chi connectivity index (χ0n) is 14.9. The molecule has 0 unspecified atom stereocenters. The lowest BCUT2D eigenvalue weighted by atomic mass is 10.2. The Morgan fingerprint density at radius 1 is 1.25 bits per heavy atom. The molecule has 5 N–H and O–H groups in total.